The number of thioether (sulfide) groups is 1. The molecule has 0 radical (unpaired) electrons. The van der Waals surface area contributed by atoms with Gasteiger partial charge in [0.25, 0.3) is 5.91 Å². The van der Waals surface area contributed by atoms with Crippen molar-refractivity contribution in [1.29, 1.82) is 0 Å². The quantitative estimate of drug-likeness (QED) is 0.318. The lowest BCUT2D eigenvalue weighted by molar-refractivity contribution is -0.113. The number of anilines is 2. The van der Waals surface area contributed by atoms with Crippen LogP contribution < -0.4 is 10.6 Å². The normalized spacial score (nSPS) is 10.7. The van der Waals surface area contributed by atoms with Gasteiger partial charge in [-0.2, -0.15) is 0 Å². The minimum absolute atomic E-state index is 0.0760. The molecule has 0 aliphatic carbocycles. The fraction of sp³-hybridized carbons (Fsp3) is 0.0455. The molecule has 4 rings (SSSR count). The van der Waals surface area contributed by atoms with E-state index in [0.717, 1.165) is 24.7 Å². The molecule has 8 heteroatoms. The van der Waals surface area contributed by atoms with Crippen LogP contribution in [0.3, 0.4) is 0 Å². The Morgan fingerprint density at radius 2 is 1.70 bits per heavy atom. The molecule has 0 atom stereocenters. The second-order valence-corrected chi connectivity index (χ2v) is 9.49. The summed E-state index contributed by atoms with van der Waals surface area (Å²) in [5.41, 5.74) is 2.91. The van der Waals surface area contributed by atoms with Crippen molar-refractivity contribution in [3.63, 3.8) is 0 Å². The highest BCUT2D eigenvalue weighted by molar-refractivity contribution is 9.10. The monoisotopic (exact) mass is 497 g/mol. The van der Waals surface area contributed by atoms with E-state index >= 15 is 0 Å². The van der Waals surface area contributed by atoms with E-state index in [4.69, 9.17) is 0 Å². The predicted molar refractivity (Wildman–Crippen MR) is 128 cm³/mol. The molecular weight excluding hydrogens is 482 g/mol. The molecule has 4 aromatic rings. The van der Waals surface area contributed by atoms with Crippen LogP contribution in [-0.2, 0) is 4.79 Å². The lowest BCUT2D eigenvalue weighted by atomic mass is 10.2. The molecule has 2 N–H and O–H groups in total. The fourth-order valence-electron chi connectivity index (χ4n) is 2.69. The van der Waals surface area contributed by atoms with Gasteiger partial charge in [0.05, 0.1) is 16.0 Å². The van der Waals surface area contributed by atoms with Crippen molar-refractivity contribution in [3.05, 3.63) is 82.8 Å². The summed E-state index contributed by atoms with van der Waals surface area (Å²) in [6, 6.07) is 22.2. The highest BCUT2D eigenvalue weighted by Crippen LogP contribution is 2.31. The van der Waals surface area contributed by atoms with Crippen LogP contribution in [0.1, 0.15) is 10.4 Å². The van der Waals surface area contributed by atoms with E-state index in [1.165, 1.54) is 23.1 Å². The van der Waals surface area contributed by atoms with Crippen molar-refractivity contribution in [2.45, 2.75) is 4.34 Å². The first-order valence-electron chi connectivity index (χ1n) is 9.02. The Balaban J connectivity index is 1.39. The van der Waals surface area contributed by atoms with Crippen molar-refractivity contribution in [2.75, 3.05) is 16.4 Å². The Kier molecular flexibility index (Phi) is 6.47. The van der Waals surface area contributed by atoms with Crippen LogP contribution in [0, 0.1) is 0 Å². The number of benzene rings is 3. The smallest absolute Gasteiger partial charge is 0.255 e. The number of carbonyl (C=O) groups is 2. The van der Waals surface area contributed by atoms with Crippen molar-refractivity contribution in [2.24, 2.45) is 0 Å². The summed E-state index contributed by atoms with van der Waals surface area (Å²) in [7, 11) is 0. The lowest BCUT2D eigenvalue weighted by Crippen LogP contribution is -2.13. The SMILES string of the molecule is O=C(CSc1nc2ccc(NC(=O)c3ccc(Br)cc3)cc2s1)Nc1ccccc1. The molecular formula is C22H16BrN3O2S2. The molecule has 0 aliphatic heterocycles. The number of rotatable bonds is 6. The van der Waals surface area contributed by atoms with Crippen molar-refractivity contribution < 1.29 is 9.59 Å². The summed E-state index contributed by atoms with van der Waals surface area (Å²) in [6.07, 6.45) is 0. The molecule has 2 amide bonds. The first kappa shape index (κ1) is 20.6. The Bertz CT molecular complexity index is 1190. The third kappa shape index (κ3) is 5.27. The number of nitrogens with zero attached hydrogens (tertiary/aromatic N) is 1. The number of nitrogens with one attached hydrogen (secondary N) is 2. The predicted octanol–water partition coefficient (Wildman–Crippen LogP) is 6.04. The number of hydrogen-bond donors (Lipinski definition) is 2. The van der Waals surface area contributed by atoms with E-state index in [9.17, 15) is 9.59 Å². The van der Waals surface area contributed by atoms with E-state index in [-0.39, 0.29) is 17.6 Å². The number of fused-ring (bicyclic) bond motifs is 1. The lowest BCUT2D eigenvalue weighted by Gasteiger charge is -2.05. The average molecular weight is 498 g/mol. The van der Waals surface area contributed by atoms with E-state index in [1.54, 1.807) is 12.1 Å². The number of thiazole rings is 1. The zero-order chi connectivity index (χ0) is 20.9. The molecule has 0 spiro atoms. The van der Waals surface area contributed by atoms with Gasteiger partial charge in [-0.05, 0) is 54.6 Å². The fourth-order valence-corrected chi connectivity index (χ4v) is 4.87. The summed E-state index contributed by atoms with van der Waals surface area (Å²) in [5.74, 6) is 0.0356. The number of aromatic nitrogens is 1. The first-order chi connectivity index (χ1) is 14.6. The van der Waals surface area contributed by atoms with Gasteiger partial charge < -0.3 is 10.6 Å². The molecule has 30 heavy (non-hydrogen) atoms. The Labute approximate surface area is 190 Å². The van der Waals surface area contributed by atoms with Gasteiger partial charge >= 0.3 is 0 Å². The second kappa shape index (κ2) is 9.42. The van der Waals surface area contributed by atoms with Gasteiger partial charge in [0, 0.05) is 21.4 Å². The third-order valence-electron chi connectivity index (χ3n) is 4.12. The van der Waals surface area contributed by atoms with Crippen LogP contribution in [-0.4, -0.2) is 22.6 Å². The minimum atomic E-state index is -0.168. The molecule has 5 nitrogen and oxygen atoms in total. The van der Waals surface area contributed by atoms with E-state index in [0.29, 0.717) is 11.3 Å². The molecule has 0 aliphatic rings. The number of hydrogen-bond acceptors (Lipinski definition) is 5. The maximum atomic E-state index is 12.4. The van der Waals surface area contributed by atoms with Crippen molar-refractivity contribution in [1.82, 2.24) is 4.98 Å². The molecule has 1 aromatic heterocycles. The summed E-state index contributed by atoms with van der Waals surface area (Å²) >= 11 is 6.26. The van der Waals surface area contributed by atoms with Crippen molar-refractivity contribution in [3.8, 4) is 0 Å². The van der Waals surface area contributed by atoms with Crippen LogP contribution in [0.5, 0.6) is 0 Å². The number of amides is 2. The van der Waals surface area contributed by atoms with Gasteiger partial charge in [-0.15, -0.1) is 11.3 Å². The number of para-hydroxylation sites is 1. The van der Waals surface area contributed by atoms with Crippen LogP contribution >= 0.6 is 39.0 Å². The molecule has 0 fully saturated rings. The summed E-state index contributed by atoms with van der Waals surface area (Å²) in [5, 5.41) is 5.77. The van der Waals surface area contributed by atoms with Gasteiger partial charge in [-0.3, -0.25) is 9.59 Å². The molecule has 0 saturated heterocycles. The summed E-state index contributed by atoms with van der Waals surface area (Å²) in [6.45, 7) is 0. The maximum absolute atomic E-state index is 12.4. The van der Waals surface area contributed by atoms with Gasteiger partial charge in [0.2, 0.25) is 5.91 Å². The zero-order valence-electron chi connectivity index (χ0n) is 15.6. The van der Waals surface area contributed by atoms with Crippen LogP contribution in [0.25, 0.3) is 10.2 Å². The van der Waals surface area contributed by atoms with Gasteiger partial charge in [-0.25, -0.2) is 4.98 Å². The highest BCUT2D eigenvalue weighted by atomic mass is 79.9. The van der Waals surface area contributed by atoms with Crippen LogP contribution in [0.15, 0.2) is 81.6 Å². The largest absolute Gasteiger partial charge is 0.325 e. The van der Waals surface area contributed by atoms with Gasteiger partial charge in [-0.1, -0.05) is 45.9 Å². The van der Waals surface area contributed by atoms with Gasteiger partial charge in [0.1, 0.15) is 0 Å². The van der Waals surface area contributed by atoms with E-state index in [1.807, 2.05) is 60.7 Å². The van der Waals surface area contributed by atoms with E-state index in [2.05, 4.69) is 31.5 Å². The van der Waals surface area contributed by atoms with Crippen LogP contribution in [0.4, 0.5) is 11.4 Å². The Hall–Kier alpha value is -2.68. The summed E-state index contributed by atoms with van der Waals surface area (Å²) < 4.78 is 2.69. The average Bonchev–Trinajstić information content (AvgIpc) is 3.16. The molecule has 0 unspecified atom stereocenters. The Morgan fingerprint density at radius 1 is 0.933 bits per heavy atom. The third-order valence-corrected chi connectivity index (χ3v) is 6.81. The van der Waals surface area contributed by atoms with Gasteiger partial charge in [0.15, 0.2) is 4.34 Å². The molecule has 0 bridgehead atoms. The number of halogens is 1. The standard InChI is InChI=1S/C22H16BrN3O2S2/c23-15-8-6-14(7-9-15)21(28)25-17-10-11-18-19(12-17)30-22(26-18)29-13-20(27)24-16-4-2-1-3-5-16/h1-12H,13H2,(H,24,27)(H,25,28). The van der Waals surface area contributed by atoms with E-state index < -0.39 is 0 Å². The first-order valence-corrected chi connectivity index (χ1v) is 11.6. The molecule has 3 aromatic carbocycles. The second-order valence-electron chi connectivity index (χ2n) is 6.33. The molecule has 0 saturated carbocycles. The maximum Gasteiger partial charge on any atom is 0.255 e. The van der Waals surface area contributed by atoms with Crippen molar-refractivity contribution >= 4 is 72.4 Å². The topological polar surface area (TPSA) is 71.1 Å². The minimum Gasteiger partial charge on any atom is -0.325 e. The van der Waals surface area contributed by atoms with Crippen LogP contribution in [0.2, 0.25) is 0 Å². The Morgan fingerprint density at radius 3 is 2.47 bits per heavy atom. The molecule has 1 heterocycles. The molecule has 150 valence electrons. The number of carbonyl (C=O) groups excluding carboxylic acids is 2. The zero-order valence-corrected chi connectivity index (χ0v) is 18.8. The summed E-state index contributed by atoms with van der Waals surface area (Å²) in [4.78, 5) is 29.1. The highest BCUT2D eigenvalue weighted by Gasteiger charge is 2.11.